The van der Waals surface area contributed by atoms with Gasteiger partial charge in [0.2, 0.25) is 0 Å². The molecule has 2 fully saturated rings. The van der Waals surface area contributed by atoms with E-state index in [-0.39, 0.29) is 0 Å². The first kappa shape index (κ1) is 22.6. The molecule has 1 unspecified atom stereocenters. The molecule has 0 bridgehead atoms. The number of hydrogen-bond donors (Lipinski definition) is 1. The fourth-order valence-corrected chi connectivity index (χ4v) is 4.34. The van der Waals surface area contributed by atoms with E-state index in [4.69, 9.17) is 9.72 Å². The summed E-state index contributed by atoms with van der Waals surface area (Å²) in [6, 6.07) is 14.7. The number of benzene rings is 1. The Morgan fingerprint density at radius 2 is 1.88 bits per heavy atom. The van der Waals surface area contributed by atoms with E-state index in [9.17, 15) is 0 Å². The van der Waals surface area contributed by atoms with Crippen LogP contribution in [0.5, 0.6) is 0 Å². The van der Waals surface area contributed by atoms with Crippen molar-refractivity contribution in [3.8, 4) is 0 Å². The van der Waals surface area contributed by atoms with Gasteiger partial charge >= 0.3 is 0 Å². The summed E-state index contributed by atoms with van der Waals surface area (Å²) in [6.45, 7) is 8.47. The Hall–Kier alpha value is -2.64. The molecule has 1 atom stereocenters. The van der Waals surface area contributed by atoms with Crippen molar-refractivity contribution in [2.45, 2.75) is 19.6 Å². The maximum absolute atomic E-state index is 5.96. The van der Waals surface area contributed by atoms with Crippen molar-refractivity contribution in [3.63, 3.8) is 0 Å². The molecule has 1 N–H and O–H groups in total. The van der Waals surface area contributed by atoms with Crippen molar-refractivity contribution in [1.82, 2.24) is 20.1 Å². The van der Waals surface area contributed by atoms with E-state index in [1.807, 2.05) is 19.3 Å². The van der Waals surface area contributed by atoms with Crippen LogP contribution in [-0.2, 0) is 17.9 Å². The zero-order valence-electron chi connectivity index (χ0n) is 19.4. The van der Waals surface area contributed by atoms with Crippen molar-refractivity contribution in [2.24, 2.45) is 10.9 Å². The van der Waals surface area contributed by atoms with Crippen molar-refractivity contribution >= 4 is 11.8 Å². The average Bonchev–Trinajstić information content (AvgIpc) is 3.30. The number of guanidine groups is 1. The van der Waals surface area contributed by atoms with Crippen LogP contribution in [0.2, 0.25) is 0 Å². The van der Waals surface area contributed by atoms with Gasteiger partial charge in [0.1, 0.15) is 5.82 Å². The average molecular weight is 437 g/mol. The summed E-state index contributed by atoms with van der Waals surface area (Å²) in [5, 5.41) is 3.51. The van der Waals surface area contributed by atoms with Gasteiger partial charge < -0.3 is 24.8 Å². The Balaban J connectivity index is 1.20. The Labute approximate surface area is 192 Å². The third-order valence-corrected chi connectivity index (χ3v) is 6.35. The summed E-state index contributed by atoms with van der Waals surface area (Å²) in [4.78, 5) is 16.3. The first-order valence-electron chi connectivity index (χ1n) is 11.7. The molecule has 4 rings (SSSR count). The van der Waals surface area contributed by atoms with Crippen molar-refractivity contribution in [2.75, 3.05) is 64.9 Å². The molecule has 7 heteroatoms. The number of likely N-dealkylation sites (N-methyl/N-ethyl adjacent to an activating group) is 1. The number of hydrogen-bond acceptors (Lipinski definition) is 5. The molecule has 1 aromatic heterocycles. The molecule has 2 aromatic rings. The van der Waals surface area contributed by atoms with Gasteiger partial charge in [0.05, 0.1) is 13.2 Å². The highest BCUT2D eigenvalue weighted by molar-refractivity contribution is 5.80. The summed E-state index contributed by atoms with van der Waals surface area (Å²) < 4.78 is 5.96. The second kappa shape index (κ2) is 11.3. The van der Waals surface area contributed by atoms with Crippen LogP contribution in [0.3, 0.4) is 0 Å². The summed E-state index contributed by atoms with van der Waals surface area (Å²) >= 11 is 0. The zero-order valence-corrected chi connectivity index (χ0v) is 19.4. The summed E-state index contributed by atoms with van der Waals surface area (Å²) in [7, 11) is 4.03. The molecule has 0 amide bonds. The van der Waals surface area contributed by atoms with Gasteiger partial charge in [-0.3, -0.25) is 4.99 Å². The summed E-state index contributed by atoms with van der Waals surface area (Å²) in [5.74, 6) is 2.57. The van der Waals surface area contributed by atoms with Crippen LogP contribution in [0.4, 0.5) is 5.82 Å². The van der Waals surface area contributed by atoms with E-state index in [0.717, 1.165) is 70.6 Å². The highest BCUT2D eigenvalue weighted by atomic mass is 16.5. The van der Waals surface area contributed by atoms with Crippen molar-refractivity contribution in [3.05, 3.63) is 59.8 Å². The smallest absolute Gasteiger partial charge is 0.193 e. The predicted molar refractivity (Wildman–Crippen MR) is 130 cm³/mol. The minimum Gasteiger partial charge on any atom is -0.376 e. The lowest BCUT2D eigenvalue weighted by Crippen LogP contribution is -2.44. The Morgan fingerprint density at radius 1 is 1.06 bits per heavy atom. The quantitative estimate of drug-likeness (QED) is 0.532. The molecule has 1 aromatic carbocycles. The Kier molecular flexibility index (Phi) is 7.96. The molecule has 2 saturated heterocycles. The summed E-state index contributed by atoms with van der Waals surface area (Å²) in [6.07, 6.45) is 3.12. The predicted octanol–water partition coefficient (Wildman–Crippen LogP) is 2.45. The van der Waals surface area contributed by atoms with E-state index < -0.39 is 0 Å². The van der Waals surface area contributed by atoms with Gasteiger partial charge in [0, 0.05) is 65.0 Å². The third kappa shape index (κ3) is 6.20. The molecular formula is C25H36N6O. The lowest BCUT2D eigenvalue weighted by Gasteiger charge is -2.33. The van der Waals surface area contributed by atoms with Gasteiger partial charge in [-0.05, 0) is 30.7 Å². The van der Waals surface area contributed by atoms with Crippen LogP contribution in [0.1, 0.15) is 17.5 Å². The first-order valence-corrected chi connectivity index (χ1v) is 11.7. The van der Waals surface area contributed by atoms with Crippen LogP contribution >= 0.6 is 0 Å². The number of aliphatic imine (C=N–C) groups is 1. The number of rotatable bonds is 7. The molecule has 3 heterocycles. The largest absolute Gasteiger partial charge is 0.376 e. The topological polar surface area (TPSA) is 56.2 Å². The van der Waals surface area contributed by atoms with E-state index in [2.05, 4.69) is 68.5 Å². The number of ether oxygens (including phenoxy) is 1. The molecule has 7 nitrogen and oxygen atoms in total. The minimum absolute atomic E-state index is 0.543. The van der Waals surface area contributed by atoms with E-state index in [1.165, 1.54) is 11.1 Å². The molecule has 0 spiro atoms. The van der Waals surface area contributed by atoms with E-state index in [0.29, 0.717) is 12.5 Å². The standard InChI is InChI=1S/C25H36N6O/c1-26-25(31-11-10-23(18-31)20-32-19-21-6-4-3-5-7-21)28-17-22-8-9-24(27-16-22)30-14-12-29(2)13-15-30/h3-9,16,23H,10-15,17-20H2,1-2H3,(H,26,28). The van der Waals surface area contributed by atoms with Crippen molar-refractivity contribution in [1.29, 1.82) is 0 Å². The third-order valence-electron chi connectivity index (χ3n) is 6.35. The molecule has 0 saturated carbocycles. The van der Waals surface area contributed by atoms with Gasteiger partial charge in [0.15, 0.2) is 5.96 Å². The number of pyridine rings is 1. The lowest BCUT2D eigenvalue weighted by molar-refractivity contribution is 0.0906. The first-order chi connectivity index (χ1) is 15.7. The Bertz CT molecular complexity index is 848. The fourth-order valence-electron chi connectivity index (χ4n) is 4.34. The molecular weight excluding hydrogens is 400 g/mol. The van der Waals surface area contributed by atoms with E-state index >= 15 is 0 Å². The van der Waals surface area contributed by atoms with Gasteiger partial charge in [-0.2, -0.15) is 0 Å². The van der Waals surface area contributed by atoms with Gasteiger partial charge in [-0.1, -0.05) is 36.4 Å². The second-order valence-corrected chi connectivity index (χ2v) is 8.82. The van der Waals surface area contributed by atoms with Crippen LogP contribution < -0.4 is 10.2 Å². The molecule has 2 aliphatic rings. The molecule has 172 valence electrons. The summed E-state index contributed by atoms with van der Waals surface area (Å²) in [5.41, 5.74) is 2.40. The molecule has 2 aliphatic heterocycles. The second-order valence-electron chi connectivity index (χ2n) is 8.82. The zero-order chi connectivity index (χ0) is 22.2. The van der Waals surface area contributed by atoms with Gasteiger partial charge in [-0.25, -0.2) is 4.98 Å². The highest BCUT2D eigenvalue weighted by Gasteiger charge is 2.25. The van der Waals surface area contributed by atoms with Crippen LogP contribution in [0.15, 0.2) is 53.7 Å². The number of likely N-dealkylation sites (tertiary alicyclic amines) is 1. The normalized spacial score (nSPS) is 20.1. The molecule has 0 radical (unpaired) electrons. The van der Waals surface area contributed by atoms with Crippen LogP contribution in [0.25, 0.3) is 0 Å². The molecule has 32 heavy (non-hydrogen) atoms. The Morgan fingerprint density at radius 3 is 2.59 bits per heavy atom. The maximum Gasteiger partial charge on any atom is 0.193 e. The lowest BCUT2D eigenvalue weighted by atomic mass is 10.1. The fraction of sp³-hybridized carbons (Fsp3) is 0.520. The number of piperazine rings is 1. The van der Waals surface area contributed by atoms with Crippen LogP contribution in [-0.4, -0.2) is 80.7 Å². The van der Waals surface area contributed by atoms with Gasteiger partial charge in [0.25, 0.3) is 0 Å². The highest BCUT2D eigenvalue weighted by Crippen LogP contribution is 2.18. The number of nitrogens with one attached hydrogen (secondary N) is 1. The number of aromatic nitrogens is 1. The maximum atomic E-state index is 5.96. The minimum atomic E-state index is 0.543. The SMILES string of the molecule is CN=C(NCc1ccc(N2CCN(C)CC2)nc1)N1CCC(COCc2ccccc2)C1. The number of anilines is 1. The van der Waals surface area contributed by atoms with E-state index in [1.54, 1.807) is 0 Å². The molecule has 0 aliphatic carbocycles. The van der Waals surface area contributed by atoms with Gasteiger partial charge in [-0.15, -0.1) is 0 Å². The van der Waals surface area contributed by atoms with Crippen LogP contribution in [0, 0.1) is 5.92 Å². The monoisotopic (exact) mass is 436 g/mol. The van der Waals surface area contributed by atoms with Crippen molar-refractivity contribution < 1.29 is 4.74 Å². The number of nitrogens with zero attached hydrogens (tertiary/aromatic N) is 5.